The zero-order valence-corrected chi connectivity index (χ0v) is 18.0. The van der Waals surface area contributed by atoms with Gasteiger partial charge in [-0.25, -0.2) is 0 Å². The summed E-state index contributed by atoms with van der Waals surface area (Å²) >= 11 is 0. The molecule has 0 bridgehead atoms. The van der Waals surface area contributed by atoms with Crippen molar-refractivity contribution < 1.29 is 14.2 Å². The maximum Gasteiger partial charge on any atom is 0.161 e. The third-order valence-corrected chi connectivity index (χ3v) is 5.46. The monoisotopic (exact) mass is 418 g/mol. The lowest BCUT2D eigenvalue weighted by Crippen LogP contribution is -2.36. The molecule has 3 aromatic rings. The smallest absolute Gasteiger partial charge is 0.161 e. The van der Waals surface area contributed by atoms with E-state index in [9.17, 15) is 0 Å². The molecule has 3 aromatic carbocycles. The highest BCUT2D eigenvalue weighted by Crippen LogP contribution is 2.29. The molecule has 0 aliphatic carbocycles. The molecule has 5 nitrogen and oxygen atoms in total. The van der Waals surface area contributed by atoms with Gasteiger partial charge in [0.1, 0.15) is 0 Å². The van der Waals surface area contributed by atoms with Gasteiger partial charge in [-0.3, -0.25) is 0 Å². The number of ether oxygens (including phenoxy) is 3. The van der Waals surface area contributed by atoms with Gasteiger partial charge in [0, 0.05) is 37.4 Å². The predicted molar refractivity (Wildman–Crippen MR) is 125 cm³/mol. The third-order valence-electron chi connectivity index (χ3n) is 5.46. The molecule has 1 saturated heterocycles. The molecule has 0 radical (unpaired) electrons. The van der Waals surface area contributed by atoms with Crippen LogP contribution in [0.5, 0.6) is 11.5 Å². The fraction of sp³-hybridized carbons (Fsp3) is 0.308. The third kappa shape index (κ3) is 5.92. The molecule has 0 unspecified atom stereocenters. The Kier molecular flexibility index (Phi) is 7.29. The number of anilines is 2. The summed E-state index contributed by atoms with van der Waals surface area (Å²) in [5, 5.41) is 3.49. The average Bonchev–Trinajstić information content (AvgIpc) is 2.85. The van der Waals surface area contributed by atoms with E-state index in [2.05, 4.69) is 52.7 Å². The first-order valence-electron chi connectivity index (χ1n) is 10.8. The maximum absolute atomic E-state index is 5.96. The van der Waals surface area contributed by atoms with Crippen molar-refractivity contribution in [3.05, 3.63) is 83.9 Å². The van der Waals surface area contributed by atoms with Crippen LogP contribution in [0.3, 0.4) is 0 Å². The van der Waals surface area contributed by atoms with E-state index in [1.807, 2.05) is 30.3 Å². The van der Waals surface area contributed by atoms with Crippen LogP contribution in [0.15, 0.2) is 72.8 Å². The number of hydrogen-bond donors (Lipinski definition) is 1. The number of rotatable bonds is 9. The number of methoxy groups -OCH3 is 1. The van der Waals surface area contributed by atoms with Crippen molar-refractivity contribution in [1.82, 2.24) is 0 Å². The molecule has 162 valence electrons. The molecule has 5 heteroatoms. The summed E-state index contributed by atoms with van der Waals surface area (Å²) in [6.45, 7) is 4.84. The van der Waals surface area contributed by atoms with Crippen LogP contribution in [0.2, 0.25) is 0 Å². The Hall–Kier alpha value is -3.18. The van der Waals surface area contributed by atoms with Crippen molar-refractivity contribution in [2.75, 3.05) is 50.2 Å². The van der Waals surface area contributed by atoms with Crippen molar-refractivity contribution in [2.45, 2.75) is 13.0 Å². The highest BCUT2D eigenvalue weighted by atomic mass is 16.5. The SMILES string of the molecule is COc1cc(CNc2ccc(N3CCOCC3)cc2)ccc1OCCc1ccccc1. The Morgan fingerprint density at radius 3 is 2.39 bits per heavy atom. The van der Waals surface area contributed by atoms with E-state index < -0.39 is 0 Å². The minimum Gasteiger partial charge on any atom is -0.493 e. The summed E-state index contributed by atoms with van der Waals surface area (Å²) in [6.07, 6.45) is 0.869. The van der Waals surface area contributed by atoms with Crippen molar-refractivity contribution in [3.8, 4) is 11.5 Å². The first kappa shape index (κ1) is 21.1. The topological polar surface area (TPSA) is 43.0 Å². The molecule has 0 spiro atoms. The zero-order chi connectivity index (χ0) is 21.3. The van der Waals surface area contributed by atoms with E-state index in [0.29, 0.717) is 6.61 Å². The van der Waals surface area contributed by atoms with E-state index in [0.717, 1.165) is 62.0 Å². The van der Waals surface area contributed by atoms with Crippen LogP contribution in [0, 0.1) is 0 Å². The van der Waals surface area contributed by atoms with Crippen LogP contribution < -0.4 is 19.7 Å². The summed E-state index contributed by atoms with van der Waals surface area (Å²) < 4.78 is 16.9. The van der Waals surface area contributed by atoms with E-state index in [4.69, 9.17) is 14.2 Å². The van der Waals surface area contributed by atoms with Gasteiger partial charge in [-0.15, -0.1) is 0 Å². The number of morpholine rings is 1. The van der Waals surface area contributed by atoms with E-state index in [-0.39, 0.29) is 0 Å². The fourth-order valence-corrected chi connectivity index (χ4v) is 3.68. The van der Waals surface area contributed by atoms with Gasteiger partial charge in [0.25, 0.3) is 0 Å². The quantitative estimate of drug-likeness (QED) is 0.542. The molecule has 0 aromatic heterocycles. The minimum absolute atomic E-state index is 0.619. The lowest BCUT2D eigenvalue weighted by Gasteiger charge is -2.28. The summed E-state index contributed by atoms with van der Waals surface area (Å²) in [6, 6.07) is 25.0. The lowest BCUT2D eigenvalue weighted by molar-refractivity contribution is 0.122. The Labute approximate surface area is 184 Å². The zero-order valence-electron chi connectivity index (χ0n) is 18.0. The van der Waals surface area contributed by atoms with Gasteiger partial charge in [0.05, 0.1) is 26.9 Å². The summed E-state index contributed by atoms with van der Waals surface area (Å²) in [5.41, 5.74) is 4.75. The molecule has 0 amide bonds. The maximum atomic E-state index is 5.96. The van der Waals surface area contributed by atoms with Crippen LogP contribution in [-0.2, 0) is 17.7 Å². The first-order valence-corrected chi connectivity index (χ1v) is 10.8. The molecule has 4 rings (SSSR count). The second-order valence-corrected chi connectivity index (χ2v) is 7.57. The summed E-state index contributed by atoms with van der Waals surface area (Å²) in [7, 11) is 1.68. The van der Waals surface area contributed by atoms with E-state index >= 15 is 0 Å². The normalized spacial score (nSPS) is 13.6. The number of nitrogens with one attached hydrogen (secondary N) is 1. The molecular formula is C26H30N2O3. The predicted octanol–water partition coefficient (Wildman–Crippen LogP) is 4.77. The Morgan fingerprint density at radius 2 is 1.65 bits per heavy atom. The molecule has 1 aliphatic heterocycles. The van der Waals surface area contributed by atoms with Gasteiger partial charge < -0.3 is 24.4 Å². The van der Waals surface area contributed by atoms with E-state index in [1.54, 1.807) is 7.11 Å². The number of nitrogens with zero attached hydrogens (tertiary/aromatic N) is 1. The van der Waals surface area contributed by atoms with Gasteiger partial charge in [-0.2, -0.15) is 0 Å². The molecule has 0 atom stereocenters. The lowest BCUT2D eigenvalue weighted by atomic mass is 10.1. The Balaban J connectivity index is 1.30. The van der Waals surface area contributed by atoms with Gasteiger partial charge >= 0.3 is 0 Å². The molecule has 1 N–H and O–H groups in total. The first-order chi connectivity index (χ1) is 15.3. The summed E-state index contributed by atoms with van der Waals surface area (Å²) in [5.74, 6) is 1.53. The van der Waals surface area contributed by atoms with Crippen LogP contribution >= 0.6 is 0 Å². The Bertz CT molecular complexity index is 939. The van der Waals surface area contributed by atoms with Gasteiger partial charge in [0.15, 0.2) is 11.5 Å². The molecule has 1 fully saturated rings. The van der Waals surface area contributed by atoms with Crippen LogP contribution in [0.4, 0.5) is 11.4 Å². The minimum atomic E-state index is 0.619. The van der Waals surface area contributed by atoms with E-state index in [1.165, 1.54) is 11.3 Å². The molecule has 1 heterocycles. The second kappa shape index (κ2) is 10.7. The highest BCUT2D eigenvalue weighted by molar-refractivity contribution is 5.55. The van der Waals surface area contributed by atoms with Crippen molar-refractivity contribution >= 4 is 11.4 Å². The van der Waals surface area contributed by atoms with Gasteiger partial charge in [-0.1, -0.05) is 36.4 Å². The van der Waals surface area contributed by atoms with Gasteiger partial charge in [0.2, 0.25) is 0 Å². The number of hydrogen-bond acceptors (Lipinski definition) is 5. The fourth-order valence-electron chi connectivity index (χ4n) is 3.68. The molecular weight excluding hydrogens is 388 g/mol. The standard InChI is InChI=1S/C26H30N2O3/c1-29-26-19-22(7-12-25(26)31-16-13-21-5-3-2-4-6-21)20-27-23-8-10-24(11-9-23)28-14-17-30-18-15-28/h2-12,19,27H,13-18,20H2,1H3. The molecule has 0 saturated carbocycles. The number of benzene rings is 3. The second-order valence-electron chi connectivity index (χ2n) is 7.57. The van der Waals surface area contributed by atoms with Crippen LogP contribution in [0.25, 0.3) is 0 Å². The average molecular weight is 419 g/mol. The highest BCUT2D eigenvalue weighted by Gasteiger charge is 2.11. The van der Waals surface area contributed by atoms with Crippen molar-refractivity contribution in [3.63, 3.8) is 0 Å². The largest absolute Gasteiger partial charge is 0.493 e. The van der Waals surface area contributed by atoms with Gasteiger partial charge in [-0.05, 0) is 47.5 Å². The van der Waals surface area contributed by atoms with Crippen molar-refractivity contribution in [1.29, 1.82) is 0 Å². The molecule has 31 heavy (non-hydrogen) atoms. The van der Waals surface area contributed by atoms with Crippen LogP contribution in [-0.4, -0.2) is 40.0 Å². The van der Waals surface area contributed by atoms with Crippen LogP contribution in [0.1, 0.15) is 11.1 Å². The molecule has 1 aliphatic rings. The van der Waals surface area contributed by atoms with Crippen molar-refractivity contribution in [2.24, 2.45) is 0 Å². The summed E-state index contributed by atoms with van der Waals surface area (Å²) in [4.78, 5) is 2.36. The Morgan fingerprint density at radius 1 is 0.871 bits per heavy atom.